The number of ether oxygens (including phenoxy) is 1. The zero-order valence-corrected chi connectivity index (χ0v) is 17.5. The van der Waals surface area contributed by atoms with Crippen molar-refractivity contribution < 1.29 is 9.53 Å². The van der Waals surface area contributed by atoms with Gasteiger partial charge >= 0.3 is 0 Å². The van der Waals surface area contributed by atoms with E-state index < -0.39 is 0 Å². The number of hydrogen-bond donors (Lipinski definition) is 1. The van der Waals surface area contributed by atoms with Crippen molar-refractivity contribution in [3.63, 3.8) is 0 Å². The Labute approximate surface area is 170 Å². The smallest absolute Gasteiger partial charge is 0.261 e. The van der Waals surface area contributed by atoms with Gasteiger partial charge in [0.25, 0.3) is 5.91 Å². The summed E-state index contributed by atoms with van der Waals surface area (Å²) >= 11 is 1.47. The topological polar surface area (TPSA) is 67.4 Å². The Kier molecular flexibility index (Phi) is 5.92. The molecule has 0 spiro atoms. The van der Waals surface area contributed by atoms with Crippen LogP contribution in [0, 0.1) is 13.8 Å². The van der Waals surface area contributed by atoms with Crippen LogP contribution in [-0.4, -0.2) is 48.7 Å². The molecule has 28 heavy (non-hydrogen) atoms. The van der Waals surface area contributed by atoms with Crippen molar-refractivity contribution in [3.8, 4) is 0 Å². The van der Waals surface area contributed by atoms with E-state index in [1.54, 1.807) is 0 Å². The molecule has 3 heterocycles. The number of amides is 1. The van der Waals surface area contributed by atoms with Gasteiger partial charge in [0.2, 0.25) is 0 Å². The molecule has 150 valence electrons. The van der Waals surface area contributed by atoms with Crippen molar-refractivity contribution in [1.82, 2.24) is 15.3 Å². The second-order valence-electron chi connectivity index (χ2n) is 7.54. The summed E-state index contributed by atoms with van der Waals surface area (Å²) in [5.41, 5.74) is 2.46. The molecular weight excluding hydrogens is 372 g/mol. The summed E-state index contributed by atoms with van der Waals surface area (Å²) in [5.74, 6) is 1.68. The molecule has 1 fully saturated rings. The fourth-order valence-corrected chi connectivity index (χ4v) is 5.13. The summed E-state index contributed by atoms with van der Waals surface area (Å²) in [6.07, 6.45) is 8.22. The summed E-state index contributed by atoms with van der Waals surface area (Å²) in [5, 5.41) is 4.12. The van der Waals surface area contributed by atoms with Gasteiger partial charge in [0.05, 0.1) is 23.5 Å². The Hall–Kier alpha value is -1.99. The molecule has 1 aliphatic carbocycles. The minimum Gasteiger partial charge on any atom is -0.378 e. The van der Waals surface area contributed by atoms with Crippen LogP contribution in [0.4, 0.5) is 5.82 Å². The largest absolute Gasteiger partial charge is 0.378 e. The maximum absolute atomic E-state index is 12.8. The Morgan fingerprint density at radius 2 is 2.07 bits per heavy atom. The van der Waals surface area contributed by atoms with E-state index in [0.717, 1.165) is 51.8 Å². The Morgan fingerprint density at radius 3 is 2.82 bits per heavy atom. The Balaban J connectivity index is 1.54. The first-order valence-electron chi connectivity index (χ1n) is 10.2. The number of allylic oxidation sites excluding steroid dienone is 1. The zero-order chi connectivity index (χ0) is 19.5. The number of aromatic nitrogens is 2. The number of carbonyl (C=O) groups is 1. The molecule has 0 saturated carbocycles. The molecule has 0 atom stereocenters. The first-order chi connectivity index (χ1) is 13.6. The van der Waals surface area contributed by atoms with Gasteiger partial charge in [0.15, 0.2) is 0 Å². The van der Waals surface area contributed by atoms with E-state index in [4.69, 9.17) is 9.72 Å². The number of nitrogens with zero attached hydrogens (tertiary/aromatic N) is 3. The third-order valence-electron chi connectivity index (χ3n) is 5.52. The quantitative estimate of drug-likeness (QED) is 0.774. The molecule has 6 nitrogen and oxygen atoms in total. The van der Waals surface area contributed by atoms with Gasteiger partial charge in [-0.3, -0.25) is 4.79 Å². The second kappa shape index (κ2) is 8.57. The Morgan fingerprint density at radius 1 is 1.25 bits per heavy atom. The third kappa shape index (κ3) is 4.05. The minimum atomic E-state index is 0.00231. The molecule has 2 aromatic rings. The van der Waals surface area contributed by atoms with E-state index in [2.05, 4.69) is 21.3 Å². The molecule has 1 N–H and O–H groups in total. The van der Waals surface area contributed by atoms with E-state index in [9.17, 15) is 4.79 Å². The van der Waals surface area contributed by atoms with Gasteiger partial charge < -0.3 is 15.0 Å². The predicted octanol–water partition coefficient (Wildman–Crippen LogP) is 3.77. The first kappa shape index (κ1) is 19.3. The van der Waals surface area contributed by atoms with Crippen LogP contribution in [0.5, 0.6) is 0 Å². The Bertz CT molecular complexity index is 899. The standard InChI is InChI=1S/C21H28N4O2S/c1-14-17-19(25-10-12-27-13-11-25)23-15(2)24-21(17)28-18(14)20(26)22-9-8-16-6-4-3-5-7-16/h6H,3-5,7-13H2,1-2H3,(H,22,26). The second-order valence-corrected chi connectivity index (χ2v) is 8.54. The van der Waals surface area contributed by atoms with Crippen LogP contribution in [0.2, 0.25) is 0 Å². The van der Waals surface area contributed by atoms with Crippen molar-refractivity contribution in [2.24, 2.45) is 0 Å². The van der Waals surface area contributed by atoms with E-state index in [1.165, 1.54) is 42.6 Å². The minimum absolute atomic E-state index is 0.00231. The van der Waals surface area contributed by atoms with Gasteiger partial charge in [0, 0.05) is 19.6 Å². The summed E-state index contributed by atoms with van der Waals surface area (Å²) in [4.78, 5) is 26.1. The van der Waals surface area contributed by atoms with Crippen molar-refractivity contribution in [2.45, 2.75) is 46.0 Å². The SMILES string of the molecule is Cc1nc(N2CCOCC2)c2c(C)c(C(=O)NCCC3=CCCCC3)sc2n1. The van der Waals surface area contributed by atoms with Crippen LogP contribution in [0.3, 0.4) is 0 Å². The fourth-order valence-electron chi connectivity index (χ4n) is 3.99. The van der Waals surface area contributed by atoms with Crippen molar-refractivity contribution >= 4 is 33.3 Å². The molecule has 0 unspecified atom stereocenters. The van der Waals surface area contributed by atoms with E-state index in [1.807, 2.05) is 13.8 Å². The molecular formula is C21H28N4O2S. The van der Waals surface area contributed by atoms with Crippen LogP contribution in [-0.2, 0) is 4.74 Å². The third-order valence-corrected chi connectivity index (χ3v) is 6.70. The van der Waals surface area contributed by atoms with Crippen molar-refractivity contribution in [3.05, 3.63) is 27.9 Å². The molecule has 0 radical (unpaired) electrons. The summed E-state index contributed by atoms with van der Waals surface area (Å²) in [6, 6.07) is 0. The zero-order valence-electron chi connectivity index (χ0n) is 16.7. The fraction of sp³-hybridized carbons (Fsp3) is 0.571. The molecule has 1 amide bonds. The molecule has 1 aliphatic heterocycles. The van der Waals surface area contributed by atoms with E-state index in [0.29, 0.717) is 19.8 Å². The highest BCUT2D eigenvalue weighted by atomic mass is 32.1. The molecule has 2 aromatic heterocycles. The number of anilines is 1. The monoisotopic (exact) mass is 400 g/mol. The number of carbonyl (C=O) groups excluding carboxylic acids is 1. The average Bonchev–Trinajstić information content (AvgIpc) is 3.05. The molecule has 1 saturated heterocycles. The molecule has 7 heteroatoms. The number of nitrogens with one attached hydrogen (secondary N) is 1. The van der Waals surface area contributed by atoms with Gasteiger partial charge in [-0.25, -0.2) is 9.97 Å². The predicted molar refractivity (Wildman–Crippen MR) is 113 cm³/mol. The number of rotatable bonds is 5. The first-order valence-corrected chi connectivity index (χ1v) is 11.0. The number of fused-ring (bicyclic) bond motifs is 1. The van der Waals surface area contributed by atoms with Gasteiger partial charge in [-0.1, -0.05) is 11.6 Å². The molecule has 2 aliphatic rings. The highest BCUT2D eigenvalue weighted by Crippen LogP contribution is 2.35. The normalized spacial score (nSPS) is 17.6. The number of aryl methyl sites for hydroxylation is 2. The van der Waals surface area contributed by atoms with Crippen molar-refractivity contribution in [2.75, 3.05) is 37.7 Å². The van der Waals surface area contributed by atoms with Crippen LogP contribution in [0.25, 0.3) is 10.2 Å². The average molecular weight is 401 g/mol. The van der Waals surface area contributed by atoms with E-state index >= 15 is 0 Å². The maximum Gasteiger partial charge on any atom is 0.261 e. The van der Waals surface area contributed by atoms with Crippen LogP contribution in [0.15, 0.2) is 11.6 Å². The lowest BCUT2D eigenvalue weighted by molar-refractivity contribution is 0.0957. The van der Waals surface area contributed by atoms with Gasteiger partial charge in [-0.05, 0) is 51.5 Å². The maximum atomic E-state index is 12.8. The highest BCUT2D eigenvalue weighted by molar-refractivity contribution is 7.20. The van der Waals surface area contributed by atoms with Crippen molar-refractivity contribution in [1.29, 1.82) is 0 Å². The van der Waals surface area contributed by atoms with Gasteiger partial charge in [-0.2, -0.15) is 0 Å². The lowest BCUT2D eigenvalue weighted by Crippen LogP contribution is -2.37. The summed E-state index contributed by atoms with van der Waals surface area (Å²) < 4.78 is 5.48. The number of hydrogen-bond acceptors (Lipinski definition) is 6. The number of morpholine rings is 1. The van der Waals surface area contributed by atoms with Gasteiger partial charge in [0.1, 0.15) is 16.5 Å². The van der Waals surface area contributed by atoms with Gasteiger partial charge in [-0.15, -0.1) is 11.3 Å². The lowest BCUT2D eigenvalue weighted by atomic mass is 9.97. The molecule has 4 rings (SSSR count). The van der Waals surface area contributed by atoms with Crippen LogP contribution in [0.1, 0.15) is 53.2 Å². The molecule has 0 aromatic carbocycles. The number of thiophene rings is 1. The lowest BCUT2D eigenvalue weighted by Gasteiger charge is -2.28. The van der Waals surface area contributed by atoms with Crippen LogP contribution >= 0.6 is 11.3 Å². The highest BCUT2D eigenvalue weighted by Gasteiger charge is 2.23. The van der Waals surface area contributed by atoms with Crippen LogP contribution < -0.4 is 10.2 Å². The van der Waals surface area contributed by atoms with E-state index in [-0.39, 0.29) is 5.91 Å². The summed E-state index contributed by atoms with van der Waals surface area (Å²) in [7, 11) is 0. The summed E-state index contributed by atoms with van der Waals surface area (Å²) in [6.45, 7) is 7.66. The molecule has 0 bridgehead atoms.